The van der Waals surface area contributed by atoms with Crippen LogP contribution in [0.2, 0.25) is 10.0 Å². The van der Waals surface area contributed by atoms with E-state index < -0.39 is 11.7 Å². The quantitative estimate of drug-likeness (QED) is 0.283. The number of rotatable bonds is 5. The van der Waals surface area contributed by atoms with Crippen LogP contribution >= 0.6 is 23.2 Å². The van der Waals surface area contributed by atoms with Crippen LogP contribution in [0.25, 0.3) is 10.9 Å². The second-order valence-electron chi connectivity index (χ2n) is 6.73. The van der Waals surface area contributed by atoms with Crippen LogP contribution in [0.5, 0.6) is 5.75 Å². The number of para-hydroxylation sites is 1. The molecule has 0 spiro atoms. The zero-order valence-corrected chi connectivity index (χ0v) is 16.6. The number of nitrogens with zero attached hydrogens (tertiary/aromatic N) is 2. The van der Waals surface area contributed by atoms with E-state index in [1.165, 1.54) is 6.07 Å². The highest BCUT2D eigenvalue weighted by Gasteiger charge is 2.25. The molecule has 0 saturated carbocycles. The van der Waals surface area contributed by atoms with Gasteiger partial charge in [-0.15, -0.1) is 0 Å². The topological polar surface area (TPSA) is 98.3 Å². The second-order valence-corrected chi connectivity index (χ2v) is 7.55. The molecular weight excluding hydrogens is 405 g/mol. The highest BCUT2D eigenvalue weighted by atomic mass is 35.5. The van der Waals surface area contributed by atoms with Gasteiger partial charge >= 0.3 is 0 Å². The number of carbonyl (C=O) groups excluding carboxylic acids is 2. The van der Waals surface area contributed by atoms with Gasteiger partial charge in [0.05, 0.1) is 16.8 Å². The van der Waals surface area contributed by atoms with E-state index in [4.69, 9.17) is 23.2 Å². The number of amides is 1. The molecule has 1 aromatic carbocycles. The van der Waals surface area contributed by atoms with Crippen molar-refractivity contribution in [2.75, 3.05) is 5.32 Å². The molecule has 3 aromatic rings. The summed E-state index contributed by atoms with van der Waals surface area (Å²) in [6.07, 6.45) is 3.58. The Morgan fingerprint density at radius 3 is 2.50 bits per heavy atom. The molecule has 0 aliphatic carbocycles. The molecule has 9 heteroatoms. The average Bonchev–Trinajstić information content (AvgIpc) is 2.96. The molecule has 0 fully saturated rings. The molecule has 2 N–H and O–H groups in total. The second kappa shape index (κ2) is 7.69. The van der Waals surface area contributed by atoms with E-state index in [0.29, 0.717) is 22.2 Å². The fourth-order valence-corrected chi connectivity index (χ4v) is 3.51. The molecule has 0 saturated heterocycles. The summed E-state index contributed by atoms with van der Waals surface area (Å²) in [6, 6.07) is 4.79. The van der Waals surface area contributed by atoms with E-state index in [1.54, 1.807) is 22.9 Å². The molecule has 2 aromatic heterocycles. The van der Waals surface area contributed by atoms with Crippen LogP contribution < -0.4 is 10.0 Å². The molecule has 3 rings (SSSR count). The molecule has 0 aliphatic heterocycles. The highest BCUT2D eigenvalue weighted by molar-refractivity contribution is 6.50. The molecule has 0 radical (unpaired) electrons. The molecule has 1 amide bonds. The number of halogens is 2. The van der Waals surface area contributed by atoms with Crippen LogP contribution in [0.3, 0.4) is 0 Å². The zero-order valence-electron chi connectivity index (χ0n) is 15.1. The summed E-state index contributed by atoms with van der Waals surface area (Å²) in [7, 11) is 0. The molecule has 0 unspecified atom stereocenters. The monoisotopic (exact) mass is 421 g/mol. The van der Waals surface area contributed by atoms with Gasteiger partial charge in [-0.05, 0) is 12.0 Å². The first-order valence-corrected chi connectivity index (χ1v) is 9.19. The van der Waals surface area contributed by atoms with Crippen molar-refractivity contribution in [1.82, 2.24) is 4.57 Å². The first-order chi connectivity index (χ1) is 13.2. The number of aromatic nitrogens is 2. The van der Waals surface area contributed by atoms with Gasteiger partial charge < -0.3 is 20.2 Å². The largest absolute Gasteiger partial charge is 0.619 e. The number of phenolic OH excluding ortho intramolecular Hbond substituents is 1. The number of aromatic hydroxyl groups is 1. The lowest BCUT2D eigenvalue weighted by molar-refractivity contribution is -0.605. The molecule has 146 valence electrons. The minimum absolute atomic E-state index is 0.0201. The van der Waals surface area contributed by atoms with Gasteiger partial charge in [0.25, 0.3) is 11.7 Å². The van der Waals surface area contributed by atoms with Crippen molar-refractivity contribution in [2.45, 2.75) is 20.4 Å². The van der Waals surface area contributed by atoms with Crippen molar-refractivity contribution in [2.24, 2.45) is 5.92 Å². The lowest BCUT2D eigenvalue weighted by Gasteiger charge is -2.08. The van der Waals surface area contributed by atoms with Crippen LogP contribution in [0.4, 0.5) is 5.69 Å². The van der Waals surface area contributed by atoms with E-state index in [0.717, 1.165) is 12.4 Å². The minimum atomic E-state index is -0.959. The Balaban J connectivity index is 2.00. The maximum atomic E-state index is 12.8. The van der Waals surface area contributed by atoms with Crippen molar-refractivity contribution in [3.63, 3.8) is 0 Å². The Morgan fingerprint density at radius 2 is 1.89 bits per heavy atom. The van der Waals surface area contributed by atoms with E-state index in [-0.39, 0.29) is 33.0 Å². The number of nitrogens with one attached hydrogen (secondary N) is 1. The van der Waals surface area contributed by atoms with Crippen molar-refractivity contribution < 1.29 is 19.4 Å². The molecule has 2 heterocycles. The molecule has 0 aliphatic rings. The van der Waals surface area contributed by atoms with Gasteiger partial charge in [0.1, 0.15) is 15.8 Å². The van der Waals surface area contributed by atoms with Gasteiger partial charge in [-0.2, -0.15) is 4.73 Å². The number of hydrogen-bond donors (Lipinski definition) is 2. The first kappa shape index (κ1) is 20.0. The van der Waals surface area contributed by atoms with Gasteiger partial charge in [0, 0.05) is 18.1 Å². The Labute approximate surface area is 170 Å². The molecule has 0 atom stereocenters. The van der Waals surface area contributed by atoms with Crippen molar-refractivity contribution in [3.8, 4) is 5.75 Å². The molecular formula is C19H17Cl2N3O4. The summed E-state index contributed by atoms with van der Waals surface area (Å²) in [5, 5.41) is 24.2. The maximum absolute atomic E-state index is 12.8. The molecule has 7 nitrogen and oxygen atoms in total. The third-order valence-electron chi connectivity index (χ3n) is 4.09. The Bertz CT molecular complexity index is 1070. The Morgan fingerprint density at radius 1 is 1.25 bits per heavy atom. The van der Waals surface area contributed by atoms with Crippen molar-refractivity contribution in [3.05, 3.63) is 57.6 Å². The summed E-state index contributed by atoms with van der Waals surface area (Å²) in [4.78, 5) is 25.3. The van der Waals surface area contributed by atoms with Crippen LogP contribution in [0.15, 0.2) is 36.8 Å². The number of ketones is 1. The standard InChI is InChI=1S/C19H17Cl2N3O4/c1-10(2)6-23-7-12(11-4-3-5-15(25)17(11)23)18(26)19(27)22-16-13(20)8-24(28)9-14(16)21/h3-5,7-10,25H,6H2,1-2H3,(H,22,27). The normalized spacial score (nSPS) is 11.2. The van der Waals surface area contributed by atoms with Crippen LogP contribution in [0.1, 0.15) is 24.2 Å². The van der Waals surface area contributed by atoms with E-state index in [2.05, 4.69) is 5.32 Å². The smallest absolute Gasteiger partial charge is 0.296 e. The zero-order chi connectivity index (χ0) is 20.6. The third kappa shape index (κ3) is 3.76. The van der Waals surface area contributed by atoms with E-state index >= 15 is 0 Å². The summed E-state index contributed by atoms with van der Waals surface area (Å²) >= 11 is 11.9. The van der Waals surface area contributed by atoms with Crippen LogP contribution in [-0.2, 0) is 11.3 Å². The summed E-state index contributed by atoms with van der Waals surface area (Å²) in [5.74, 6) is -1.50. The van der Waals surface area contributed by atoms with Gasteiger partial charge in [-0.25, -0.2) is 0 Å². The third-order valence-corrected chi connectivity index (χ3v) is 4.66. The summed E-state index contributed by atoms with van der Waals surface area (Å²) in [5.41, 5.74) is 0.601. The number of anilines is 1. The fourth-order valence-electron chi connectivity index (χ4n) is 2.97. The first-order valence-electron chi connectivity index (χ1n) is 8.43. The fraction of sp³-hybridized carbons (Fsp3) is 0.211. The van der Waals surface area contributed by atoms with Crippen molar-refractivity contribution >= 4 is 51.5 Å². The van der Waals surface area contributed by atoms with Gasteiger partial charge in [-0.3, -0.25) is 9.59 Å². The number of benzene rings is 1. The molecule has 28 heavy (non-hydrogen) atoms. The predicted molar refractivity (Wildman–Crippen MR) is 107 cm³/mol. The highest BCUT2D eigenvalue weighted by Crippen LogP contribution is 2.31. The van der Waals surface area contributed by atoms with Crippen molar-refractivity contribution in [1.29, 1.82) is 0 Å². The predicted octanol–water partition coefficient (Wildman–Crippen LogP) is 3.76. The number of hydrogen-bond acceptors (Lipinski definition) is 4. The van der Waals surface area contributed by atoms with Gasteiger partial charge in [0.15, 0.2) is 0 Å². The summed E-state index contributed by atoms with van der Waals surface area (Å²) in [6.45, 7) is 4.56. The number of phenols is 1. The Kier molecular flexibility index (Phi) is 5.49. The maximum Gasteiger partial charge on any atom is 0.296 e. The SMILES string of the molecule is CC(C)Cn1cc(C(=O)C(=O)Nc2c(Cl)c[n+]([O-])cc2Cl)c2cccc(O)c21. The Hall–Kier alpha value is -2.77. The van der Waals surface area contributed by atoms with E-state index in [9.17, 15) is 19.9 Å². The van der Waals surface area contributed by atoms with Crippen LogP contribution in [-0.4, -0.2) is 21.4 Å². The van der Waals surface area contributed by atoms with E-state index in [1.807, 2.05) is 13.8 Å². The number of Topliss-reactive ketones (excluding diaryl/α,β-unsaturated/α-hetero) is 1. The lowest BCUT2D eigenvalue weighted by atomic mass is 10.1. The lowest BCUT2D eigenvalue weighted by Crippen LogP contribution is -2.27. The number of fused-ring (bicyclic) bond motifs is 1. The number of pyridine rings is 1. The van der Waals surface area contributed by atoms with Crippen LogP contribution in [0, 0.1) is 11.1 Å². The summed E-state index contributed by atoms with van der Waals surface area (Å²) < 4.78 is 2.14. The molecule has 0 bridgehead atoms. The van der Waals surface area contributed by atoms with Gasteiger partial charge in [-0.1, -0.05) is 49.2 Å². The average molecular weight is 422 g/mol. The minimum Gasteiger partial charge on any atom is -0.619 e. The number of carbonyl (C=O) groups is 2. The van der Waals surface area contributed by atoms with Gasteiger partial charge in [0.2, 0.25) is 12.4 Å².